The van der Waals surface area contributed by atoms with Gasteiger partial charge in [0.05, 0.1) is 25.8 Å². The minimum Gasteiger partial charge on any atom is -0.497 e. The van der Waals surface area contributed by atoms with E-state index in [2.05, 4.69) is 20.4 Å². The number of aryl methyl sites for hydroxylation is 2. The Kier molecular flexibility index (Phi) is 6.45. The molecule has 0 aliphatic carbocycles. The Morgan fingerprint density at radius 2 is 1.85 bits per heavy atom. The molecule has 33 heavy (non-hydrogen) atoms. The van der Waals surface area contributed by atoms with Crippen LogP contribution in [0.2, 0.25) is 0 Å². The number of ether oxygens (including phenoxy) is 2. The molecule has 0 unspecified atom stereocenters. The van der Waals surface area contributed by atoms with E-state index in [4.69, 9.17) is 9.47 Å². The van der Waals surface area contributed by atoms with E-state index >= 15 is 0 Å². The van der Waals surface area contributed by atoms with Crippen LogP contribution < -0.4 is 14.8 Å². The number of anilines is 1. The molecule has 0 amide bonds. The summed E-state index contributed by atoms with van der Waals surface area (Å²) >= 11 is 0. The second-order valence-corrected chi connectivity index (χ2v) is 9.41. The van der Waals surface area contributed by atoms with Crippen molar-refractivity contribution in [2.45, 2.75) is 24.7 Å². The maximum atomic E-state index is 12.3. The molecular weight excluding hydrogens is 442 g/mol. The highest BCUT2D eigenvalue weighted by molar-refractivity contribution is 7.90. The normalized spacial score (nSPS) is 11.5. The van der Waals surface area contributed by atoms with Gasteiger partial charge < -0.3 is 14.8 Å². The third kappa shape index (κ3) is 5.06. The first-order valence-corrected chi connectivity index (χ1v) is 12.2. The molecule has 10 heteroatoms. The highest BCUT2D eigenvalue weighted by Crippen LogP contribution is 2.24. The minimum atomic E-state index is -3.63. The van der Waals surface area contributed by atoms with Crippen molar-refractivity contribution in [3.8, 4) is 11.5 Å². The van der Waals surface area contributed by atoms with Crippen molar-refractivity contribution in [2.75, 3.05) is 25.8 Å². The van der Waals surface area contributed by atoms with Crippen LogP contribution in [0.15, 0.2) is 59.9 Å². The molecule has 0 bridgehead atoms. The summed E-state index contributed by atoms with van der Waals surface area (Å²) in [4.78, 5) is 8.59. The average molecular weight is 468 g/mol. The van der Waals surface area contributed by atoms with E-state index < -0.39 is 9.84 Å². The summed E-state index contributed by atoms with van der Waals surface area (Å²) in [6.45, 7) is 0.929. The number of fused-ring (bicyclic) bond motifs is 1. The fourth-order valence-electron chi connectivity index (χ4n) is 3.50. The van der Waals surface area contributed by atoms with Gasteiger partial charge in [0.15, 0.2) is 5.65 Å². The molecule has 172 valence electrons. The number of nitrogens with one attached hydrogen (secondary N) is 1. The van der Waals surface area contributed by atoms with Crippen molar-refractivity contribution in [2.24, 2.45) is 0 Å². The molecule has 2 heterocycles. The first-order valence-electron chi connectivity index (χ1n) is 10.3. The number of nitrogens with zero attached hydrogens (tertiary/aromatic N) is 4. The van der Waals surface area contributed by atoms with Gasteiger partial charge in [-0.25, -0.2) is 18.1 Å². The van der Waals surface area contributed by atoms with Gasteiger partial charge in [0.1, 0.15) is 17.3 Å². The van der Waals surface area contributed by atoms with Crippen LogP contribution >= 0.6 is 0 Å². The molecular formula is C23H25N5O4S. The first kappa shape index (κ1) is 22.5. The molecule has 1 N–H and O–H groups in total. The van der Waals surface area contributed by atoms with Gasteiger partial charge >= 0.3 is 0 Å². The zero-order chi connectivity index (χ0) is 23.4. The Bertz CT molecular complexity index is 1380. The minimum absolute atomic E-state index is 0.248. The second kappa shape index (κ2) is 9.45. The summed E-state index contributed by atoms with van der Waals surface area (Å²) in [5.74, 6) is 1.94. The number of para-hydroxylation sites is 1. The summed E-state index contributed by atoms with van der Waals surface area (Å²) in [5, 5.41) is 8.08. The standard InChI is InChI=1S/C23H25N5O4S/c1-31-18-9-6-7-16(13-18)14-24-21-19-15-25-28(22(19)27-23(26-21)33(3,29)30)12-11-17-8-4-5-10-20(17)32-2/h4-10,13,15H,11-12,14H2,1-3H3,(H,24,26,27). The van der Waals surface area contributed by atoms with Crippen molar-refractivity contribution in [3.63, 3.8) is 0 Å². The Morgan fingerprint density at radius 3 is 2.61 bits per heavy atom. The van der Waals surface area contributed by atoms with Crippen LogP contribution in [0.25, 0.3) is 11.0 Å². The average Bonchev–Trinajstić information content (AvgIpc) is 3.24. The summed E-state index contributed by atoms with van der Waals surface area (Å²) < 4.78 is 36.9. The number of aromatic nitrogens is 4. The van der Waals surface area contributed by atoms with Crippen LogP contribution in [-0.2, 0) is 29.3 Å². The first-order chi connectivity index (χ1) is 15.9. The lowest BCUT2D eigenvalue weighted by Crippen LogP contribution is -2.11. The summed E-state index contributed by atoms with van der Waals surface area (Å²) in [5.41, 5.74) is 2.44. The molecule has 0 aliphatic rings. The van der Waals surface area contributed by atoms with Crippen LogP contribution in [0, 0.1) is 0 Å². The van der Waals surface area contributed by atoms with Gasteiger partial charge in [-0.15, -0.1) is 0 Å². The lowest BCUT2D eigenvalue weighted by Gasteiger charge is -2.11. The molecule has 0 aliphatic heterocycles. The smallest absolute Gasteiger partial charge is 0.250 e. The van der Waals surface area contributed by atoms with Gasteiger partial charge in [-0.05, 0) is 35.7 Å². The van der Waals surface area contributed by atoms with Gasteiger partial charge in [-0.2, -0.15) is 10.1 Å². The molecule has 4 rings (SSSR count). The SMILES string of the molecule is COc1cccc(CNc2nc(S(C)(=O)=O)nc3c2cnn3CCc2ccccc2OC)c1. The molecule has 0 radical (unpaired) electrons. The maximum Gasteiger partial charge on any atom is 0.250 e. The molecule has 0 spiro atoms. The lowest BCUT2D eigenvalue weighted by molar-refractivity contribution is 0.408. The van der Waals surface area contributed by atoms with E-state index in [1.165, 1.54) is 0 Å². The fraction of sp³-hybridized carbons (Fsp3) is 0.261. The van der Waals surface area contributed by atoms with Crippen molar-refractivity contribution in [1.29, 1.82) is 0 Å². The summed E-state index contributed by atoms with van der Waals surface area (Å²) in [6.07, 6.45) is 3.39. The third-order valence-corrected chi connectivity index (χ3v) is 6.03. The summed E-state index contributed by atoms with van der Waals surface area (Å²) in [6, 6.07) is 15.4. The van der Waals surface area contributed by atoms with Crippen LogP contribution in [0.1, 0.15) is 11.1 Å². The van der Waals surface area contributed by atoms with E-state index in [0.29, 0.717) is 36.4 Å². The van der Waals surface area contributed by atoms with Gasteiger partial charge in [-0.1, -0.05) is 30.3 Å². The molecule has 9 nitrogen and oxygen atoms in total. The van der Waals surface area contributed by atoms with Crippen molar-refractivity contribution >= 4 is 26.7 Å². The molecule has 0 saturated heterocycles. The number of hydrogen-bond acceptors (Lipinski definition) is 8. The van der Waals surface area contributed by atoms with Crippen LogP contribution in [0.5, 0.6) is 11.5 Å². The zero-order valence-corrected chi connectivity index (χ0v) is 19.5. The lowest BCUT2D eigenvalue weighted by atomic mass is 10.1. The second-order valence-electron chi connectivity index (χ2n) is 7.50. The predicted molar refractivity (Wildman–Crippen MR) is 125 cm³/mol. The monoisotopic (exact) mass is 467 g/mol. The number of sulfone groups is 1. The zero-order valence-electron chi connectivity index (χ0n) is 18.6. The van der Waals surface area contributed by atoms with Crippen LogP contribution in [0.4, 0.5) is 5.82 Å². The van der Waals surface area contributed by atoms with E-state index in [-0.39, 0.29) is 5.16 Å². The molecule has 2 aromatic carbocycles. The largest absolute Gasteiger partial charge is 0.497 e. The van der Waals surface area contributed by atoms with Crippen molar-refractivity contribution < 1.29 is 17.9 Å². The van der Waals surface area contributed by atoms with Gasteiger partial charge in [0.2, 0.25) is 9.84 Å². The van der Waals surface area contributed by atoms with Gasteiger partial charge in [-0.3, -0.25) is 0 Å². The topological polar surface area (TPSA) is 108 Å². The Labute approximate surface area is 192 Å². The highest BCUT2D eigenvalue weighted by Gasteiger charge is 2.19. The number of hydrogen-bond donors (Lipinski definition) is 1. The maximum absolute atomic E-state index is 12.3. The van der Waals surface area contributed by atoms with E-state index in [1.54, 1.807) is 25.1 Å². The highest BCUT2D eigenvalue weighted by atomic mass is 32.2. The predicted octanol–water partition coefficient (Wildman–Crippen LogP) is 3.10. The molecule has 2 aromatic heterocycles. The molecule has 0 fully saturated rings. The number of rotatable bonds is 9. The van der Waals surface area contributed by atoms with E-state index in [9.17, 15) is 8.42 Å². The summed E-state index contributed by atoms with van der Waals surface area (Å²) in [7, 11) is -0.384. The third-order valence-electron chi connectivity index (χ3n) is 5.19. The fourth-order valence-corrected chi connectivity index (χ4v) is 4.01. The quantitative estimate of drug-likeness (QED) is 0.374. The Morgan fingerprint density at radius 1 is 1.03 bits per heavy atom. The van der Waals surface area contributed by atoms with Crippen LogP contribution in [0.3, 0.4) is 0 Å². The van der Waals surface area contributed by atoms with Crippen molar-refractivity contribution in [3.05, 3.63) is 65.9 Å². The van der Waals surface area contributed by atoms with E-state index in [0.717, 1.165) is 28.9 Å². The van der Waals surface area contributed by atoms with E-state index in [1.807, 2.05) is 48.5 Å². The Balaban J connectivity index is 1.66. The molecule has 4 aromatic rings. The Hall–Kier alpha value is -3.66. The number of methoxy groups -OCH3 is 2. The van der Waals surface area contributed by atoms with Gasteiger partial charge in [0, 0.05) is 19.3 Å². The van der Waals surface area contributed by atoms with Crippen LogP contribution in [-0.4, -0.2) is 48.6 Å². The van der Waals surface area contributed by atoms with Gasteiger partial charge in [0.25, 0.3) is 5.16 Å². The molecule has 0 atom stereocenters. The van der Waals surface area contributed by atoms with Crippen molar-refractivity contribution in [1.82, 2.24) is 19.7 Å². The number of benzene rings is 2. The molecule has 0 saturated carbocycles.